The molecule has 0 radical (unpaired) electrons. The predicted molar refractivity (Wildman–Crippen MR) is 65.7 cm³/mol. The fourth-order valence-electron chi connectivity index (χ4n) is 2.33. The Morgan fingerprint density at radius 1 is 0.938 bits per heavy atom. The largest absolute Gasteiger partial charge is 0.206 e. The summed E-state index contributed by atoms with van der Waals surface area (Å²) in [6.07, 6.45) is 4.42. The van der Waals surface area contributed by atoms with Gasteiger partial charge in [-0.2, -0.15) is 4.57 Å². The van der Waals surface area contributed by atoms with Crippen LogP contribution >= 0.6 is 0 Å². The summed E-state index contributed by atoms with van der Waals surface area (Å²) in [4.78, 5) is 0. The number of pyridine rings is 1. The molecule has 0 bridgehead atoms. The summed E-state index contributed by atoms with van der Waals surface area (Å²) in [6.45, 7) is 2.25. The molecule has 1 aromatic heterocycles. The van der Waals surface area contributed by atoms with Crippen LogP contribution in [-0.4, -0.2) is 0 Å². The van der Waals surface area contributed by atoms with Crippen molar-refractivity contribution in [1.82, 2.24) is 0 Å². The highest BCUT2D eigenvalue weighted by Gasteiger charge is 2.28. The van der Waals surface area contributed by atoms with E-state index in [2.05, 4.69) is 72.3 Å². The van der Waals surface area contributed by atoms with E-state index in [1.807, 2.05) is 0 Å². The third-order valence-corrected chi connectivity index (χ3v) is 3.20. The van der Waals surface area contributed by atoms with Gasteiger partial charge in [0.2, 0.25) is 5.69 Å². The summed E-state index contributed by atoms with van der Waals surface area (Å²) in [5, 5.41) is 0. The molecule has 1 aromatic carbocycles. The van der Waals surface area contributed by atoms with E-state index < -0.39 is 0 Å². The maximum Gasteiger partial charge on any atom is 0.206 e. The van der Waals surface area contributed by atoms with Crippen LogP contribution in [0.3, 0.4) is 0 Å². The molecule has 0 fully saturated rings. The van der Waals surface area contributed by atoms with Gasteiger partial charge in [0.25, 0.3) is 0 Å². The normalized spacial score (nSPS) is 18.1. The molecule has 1 nitrogen and oxygen atoms in total. The zero-order valence-corrected chi connectivity index (χ0v) is 9.30. The average Bonchev–Trinajstić information content (AvgIpc) is 2.69. The molecule has 1 unspecified atom stereocenters. The Balaban J connectivity index is 2.09. The highest BCUT2D eigenvalue weighted by Crippen LogP contribution is 2.30. The first-order valence-corrected chi connectivity index (χ1v) is 5.63. The molecule has 78 valence electrons. The first kappa shape index (κ1) is 9.34. The number of hydrogen-bond donors (Lipinski definition) is 0. The van der Waals surface area contributed by atoms with Crippen molar-refractivity contribution in [3.8, 4) is 0 Å². The standard InChI is InChI=1S/C15H14N/c1-12-15(13-7-3-2-4-8-13)11-14-9-5-6-10-16(12)14/h2-12H,1H3/q+1. The van der Waals surface area contributed by atoms with Gasteiger partial charge in [0, 0.05) is 30.7 Å². The fourth-order valence-corrected chi connectivity index (χ4v) is 2.33. The molecule has 1 aliphatic heterocycles. The molecule has 1 heteroatoms. The molecule has 2 aromatic rings. The molecule has 0 saturated heterocycles. The van der Waals surface area contributed by atoms with E-state index in [0.717, 1.165) is 0 Å². The van der Waals surface area contributed by atoms with Crippen LogP contribution < -0.4 is 4.57 Å². The van der Waals surface area contributed by atoms with Crippen molar-refractivity contribution >= 4 is 11.6 Å². The minimum absolute atomic E-state index is 0.429. The van der Waals surface area contributed by atoms with E-state index in [1.54, 1.807) is 0 Å². The summed E-state index contributed by atoms with van der Waals surface area (Å²) in [5.41, 5.74) is 4.00. The lowest BCUT2D eigenvalue weighted by Crippen LogP contribution is -2.37. The van der Waals surface area contributed by atoms with E-state index in [9.17, 15) is 0 Å². The molecule has 3 rings (SSSR count). The molecular weight excluding hydrogens is 194 g/mol. The van der Waals surface area contributed by atoms with Crippen LogP contribution in [0.15, 0.2) is 54.7 Å². The van der Waals surface area contributed by atoms with Crippen molar-refractivity contribution in [2.24, 2.45) is 0 Å². The van der Waals surface area contributed by atoms with Crippen molar-refractivity contribution in [1.29, 1.82) is 0 Å². The van der Waals surface area contributed by atoms with Gasteiger partial charge >= 0.3 is 0 Å². The predicted octanol–water partition coefficient (Wildman–Crippen LogP) is 3.09. The Labute approximate surface area is 95.7 Å². The SMILES string of the molecule is CC1C(c2ccccc2)=Cc2cccc[n+]21. The summed E-state index contributed by atoms with van der Waals surface area (Å²) in [5.74, 6) is 0. The Kier molecular flexibility index (Phi) is 2.10. The highest BCUT2D eigenvalue weighted by molar-refractivity contribution is 5.82. The highest BCUT2D eigenvalue weighted by atomic mass is 15.0. The number of benzene rings is 1. The molecule has 0 amide bonds. The Hall–Kier alpha value is -1.89. The number of fused-ring (bicyclic) bond motifs is 1. The summed E-state index contributed by atoms with van der Waals surface area (Å²) in [6, 6.07) is 17.4. The quantitative estimate of drug-likeness (QED) is 0.634. The number of nitrogens with zero attached hydrogens (tertiary/aromatic N) is 1. The maximum absolute atomic E-state index is 2.31. The van der Waals surface area contributed by atoms with Crippen LogP contribution in [0.2, 0.25) is 0 Å². The minimum atomic E-state index is 0.429. The summed E-state index contributed by atoms with van der Waals surface area (Å²) in [7, 11) is 0. The fraction of sp³-hybridized carbons (Fsp3) is 0.133. The Bertz CT molecular complexity index is 540. The molecule has 0 spiro atoms. The van der Waals surface area contributed by atoms with E-state index in [-0.39, 0.29) is 0 Å². The molecule has 1 atom stereocenters. The van der Waals surface area contributed by atoms with Crippen LogP contribution in [-0.2, 0) is 0 Å². The van der Waals surface area contributed by atoms with Crippen LogP contribution in [0.4, 0.5) is 0 Å². The molecule has 0 N–H and O–H groups in total. The van der Waals surface area contributed by atoms with Gasteiger partial charge in [0.15, 0.2) is 12.2 Å². The summed E-state index contributed by atoms with van der Waals surface area (Å²) >= 11 is 0. The lowest BCUT2D eigenvalue weighted by Gasteiger charge is -2.05. The Morgan fingerprint density at radius 3 is 2.44 bits per heavy atom. The van der Waals surface area contributed by atoms with Gasteiger partial charge in [-0.3, -0.25) is 0 Å². The lowest BCUT2D eigenvalue weighted by atomic mass is 10.0. The smallest absolute Gasteiger partial charge is 0.192 e. The zero-order valence-electron chi connectivity index (χ0n) is 9.30. The number of aromatic nitrogens is 1. The van der Waals surface area contributed by atoms with Crippen molar-refractivity contribution in [3.05, 3.63) is 66.0 Å². The van der Waals surface area contributed by atoms with Crippen LogP contribution in [0, 0.1) is 0 Å². The monoisotopic (exact) mass is 208 g/mol. The van der Waals surface area contributed by atoms with Crippen LogP contribution in [0.5, 0.6) is 0 Å². The average molecular weight is 208 g/mol. The van der Waals surface area contributed by atoms with Gasteiger partial charge in [0.1, 0.15) is 0 Å². The number of hydrogen-bond acceptors (Lipinski definition) is 0. The topological polar surface area (TPSA) is 3.88 Å². The second kappa shape index (κ2) is 3.60. The molecule has 0 aliphatic carbocycles. The van der Waals surface area contributed by atoms with Crippen molar-refractivity contribution < 1.29 is 4.57 Å². The minimum Gasteiger partial charge on any atom is -0.192 e. The van der Waals surface area contributed by atoms with E-state index in [0.29, 0.717) is 6.04 Å². The van der Waals surface area contributed by atoms with Gasteiger partial charge in [-0.1, -0.05) is 30.3 Å². The van der Waals surface area contributed by atoms with E-state index >= 15 is 0 Å². The van der Waals surface area contributed by atoms with Crippen molar-refractivity contribution in [2.45, 2.75) is 13.0 Å². The number of rotatable bonds is 1. The van der Waals surface area contributed by atoms with Crippen molar-refractivity contribution in [2.75, 3.05) is 0 Å². The van der Waals surface area contributed by atoms with Gasteiger partial charge in [-0.15, -0.1) is 0 Å². The molecule has 2 heterocycles. The number of allylic oxidation sites excluding steroid dienone is 1. The van der Waals surface area contributed by atoms with Gasteiger partial charge in [0.05, 0.1) is 0 Å². The second-order valence-electron chi connectivity index (χ2n) is 4.17. The third-order valence-electron chi connectivity index (χ3n) is 3.20. The van der Waals surface area contributed by atoms with Crippen LogP contribution in [0.1, 0.15) is 24.2 Å². The van der Waals surface area contributed by atoms with Gasteiger partial charge in [-0.05, 0) is 11.6 Å². The molecule has 16 heavy (non-hydrogen) atoms. The second-order valence-corrected chi connectivity index (χ2v) is 4.17. The Morgan fingerprint density at radius 2 is 1.69 bits per heavy atom. The van der Waals surface area contributed by atoms with E-state index in [4.69, 9.17) is 0 Å². The maximum atomic E-state index is 2.31. The third kappa shape index (κ3) is 1.36. The first-order valence-electron chi connectivity index (χ1n) is 5.63. The summed E-state index contributed by atoms with van der Waals surface area (Å²) < 4.78 is 2.31. The molecular formula is C15H14N+. The molecule has 0 saturated carbocycles. The lowest BCUT2D eigenvalue weighted by molar-refractivity contribution is -0.703. The van der Waals surface area contributed by atoms with Gasteiger partial charge < -0.3 is 0 Å². The first-order chi connectivity index (χ1) is 7.86. The van der Waals surface area contributed by atoms with Crippen molar-refractivity contribution in [3.63, 3.8) is 0 Å². The van der Waals surface area contributed by atoms with Gasteiger partial charge in [-0.25, -0.2) is 0 Å². The zero-order chi connectivity index (χ0) is 11.0. The van der Waals surface area contributed by atoms with Crippen LogP contribution in [0.25, 0.3) is 11.6 Å². The molecule has 1 aliphatic rings. The van der Waals surface area contributed by atoms with E-state index in [1.165, 1.54) is 16.8 Å².